The van der Waals surface area contributed by atoms with Gasteiger partial charge in [-0.15, -0.1) is 11.3 Å². The van der Waals surface area contributed by atoms with Crippen LogP contribution in [-0.4, -0.2) is 40.3 Å². The number of carbonyl (C=O) groups excluding carboxylic acids is 2. The number of aryl methyl sites for hydroxylation is 2. The summed E-state index contributed by atoms with van der Waals surface area (Å²) < 4.78 is 0. The van der Waals surface area contributed by atoms with Crippen LogP contribution in [0.25, 0.3) is 0 Å². The topological polar surface area (TPSA) is 62.3 Å². The Labute approximate surface area is 164 Å². The number of benzene rings is 1. The maximum absolute atomic E-state index is 12.8. The summed E-state index contributed by atoms with van der Waals surface area (Å²) in [5.41, 5.74) is 1.92. The predicted molar refractivity (Wildman–Crippen MR) is 108 cm³/mol. The Bertz CT molecular complexity index is 773. The van der Waals surface area contributed by atoms with Gasteiger partial charge in [0.1, 0.15) is 0 Å². The lowest BCUT2D eigenvalue weighted by Gasteiger charge is -2.35. The number of nitrogens with zero attached hydrogens (tertiary/aromatic N) is 2. The molecule has 0 bridgehead atoms. The highest BCUT2D eigenvalue weighted by Gasteiger charge is 2.39. The zero-order valence-corrected chi connectivity index (χ0v) is 16.8. The normalized spacial score (nSPS) is 19.3. The average Bonchev–Trinajstić information content (AvgIpc) is 3.30. The molecule has 1 aliphatic heterocycles. The summed E-state index contributed by atoms with van der Waals surface area (Å²) in [6.45, 7) is 5.38. The molecule has 1 atom stereocenters. The van der Waals surface area contributed by atoms with Crippen molar-refractivity contribution in [2.45, 2.75) is 51.5 Å². The zero-order valence-electron chi connectivity index (χ0n) is 16.0. The van der Waals surface area contributed by atoms with Gasteiger partial charge in [0.25, 0.3) is 0 Å². The molecule has 1 aromatic heterocycles. The summed E-state index contributed by atoms with van der Waals surface area (Å²) in [6.07, 6.45) is 5.16. The number of amides is 2. The van der Waals surface area contributed by atoms with E-state index in [1.807, 2.05) is 41.5 Å². The van der Waals surface area contributed by atoms with Gasteiger partial charge in [0, 0.05) is 37.5 Å². The molecule has 1 fully saturated rings. The van der Waals surface area contributed by atoms with Crippen molar-refractivity contribution in [3.8, 4) is 0 Å². The second kappa shape index (κ2) is 8.65. The smallest absolute Gasteiger partial charge is 0.227 e. The van der Waals surface area contributed by atoms with E-state index >= 15 is 0 Å². The highest BCUT2D eigenvalue weighted by molar-refractivity contribution is 7.09. The summed E-state index contributed by atoms with van der Waals surface area (Å²) in [4.78, 5) is 31.2. The highest BCUT2D eigenvalue weighted by Crippen LogP contribution is 2.29. The summed E-state index contributed by atoms with van der Waals surface area (Å²) in [5, 5.41) is 5.93. The van der Waals surface area contributed by atoms with Crippen LogP contribution in [0.5, 0.6) is 0 Å². The van der Waals surface area contributed by atoms with Gasteiger partial charge in [-0.1, -0.05) is 29.8 Å². The van der Waals surface area contributed by atoms with Gasteiger partial charge >= 0.3 is 0 Å². The van der Waals surface area contributed by atoms with E-state index in [0.29, 0.717) is 25.8 Å². The fourth-order valence-electron chi connectivity index (χ4n) is 3.58. The first-order chi connectivity index (χ1) is 13.0. The van der Waals surface area contributed by atoms with Crippen molar-refractivity contribution in [1.82, 2.24) is 15.2 Å². The van der Waals surface area contributed by atoms with Crippen LogP contribution in [-0.2, 0) is 22.4 Å². The molecular weight excluding hydrogens is 358 g/mol. The minimum atomic E-state index is -0.307. The molecule has 6 heteroatoms. The first kappa shape index (κ1) is 19.5. The summed E-state index contributed by atoms with van der Waals surface area (Å²) in [6, 6.07) is 8.10. The lowest BCUT2D eigenvalue weighted by Crippen LogP contribution is -2.52. The molecule has 1 aliphatic rings. The SMILES string of the molecule is Cc1ccc(CC(=O)N2CCCC2(C)CNC(=O)CCc2nccs2)cc1. The van der Waals surface area contributed by atoms with E-state index in [2.05, 4.69) is 17.2 Å². The highest BCUT2D eigenvalue weighted by atomic mass is 32.1. The van der Waals surface area contributed by atoms with Gasteiger partial charge in [0.05, 0.1) is 17.0 Å². The molecule has 1 unspecified atom stereocenters. The molecule has 2 aromatic rings. The van der Waals surface area contributed by atoms with E-state index < -0.39 is 0 Å². The quantitative estimate of drug-likeness (QED) is 0.796. The molecule has 0 aliphatic carbocycles. The van der Waals surface area contributed by atoms with Crippen LogP contribution in [0.1, 0.15) is 42.3 Å². The Balaban J connectivity index is 1.52. The number of nitrogens with one attached hydrogen (secondary N) is 1. The van der Waals surface area contributed by atoms with E-state index in [0.717, 1.165) is 30.0 Å². The lowest BCUT2D eigenvalue weighted by molar-refractivity contribution is -0.135. The standard InChI is InChI=1S/C21H27N3O2S/c1-16-4-6-17(7-5-16)14-20(26)24-12-3-10-21(24,2)15-23-18(25)8-9-19-22-11-13-27-19/h4-7,11,13H,3,8-10,12,14-15H2,1-2H3,(H,23,25). The number of aromatic nitrogens is 1. The summed E-state index contributed by atoms with van der Waals surface area (Å²) >= 11 is 1.57. The van der Waals surface area contributed by atoms with Crippen LogP contribution < -0.4 is 5.32 Å². The molecular formula is C21H27N3O2S. The Hall–Kier alpha value is -2.21. The summed E-state index contributed by atoms with van der Waals surface area (Å²) in [7, 11) is 0. The zero-order chi connectivity index (χ0) is 19.3. The van der Waals surface area contributed by atoms with Gasteiger partial charge < -0.3 is 10.2 Å². The molecule has 0 radical (unpaired) electrons. The first-order valence-electron chi connectivity index (χ1n) is 9.47. The molecule has 0 spiro atoms. The number of carbonyl (C=O) groups is 2. The van der Waals surface area contributed by atoms with Gasteiger partial charge in [0.2, 0.25) is 11.8 Å². The maximum atomic E-state index is 12.8. The number of thiazole rings is 1. The van der Waals surface area contributed by atoms with Gasteiger partial charge in [-0.3, -0.25) is 9.59 Å². The third-order valence-corrected chi connectivity index (χ3v) is 6.08. The Morgan fingerprint density at radius 3 is 2.78 bits per heavy atom. The molecule has 2 heterocycles. The molecule has 1 N–H and O–H groups in total. The molecule has 3 rings (SSSR count). The molecule has 27 heavy (non-hydrogen) atoms. The van der Waals surface area contributed by atoms with Crippen molar-refractivity contribution in [3.05, 3.63) is 52.0 Å². The number of rotatable bonds is 7. The largest absolute Gasteiger partial charge is 0.354 e. The fraction of sp³-hybridized carbons (Fsp3) is 0.476. The van der Waals surface area contributed by atoms with Crippen molar-refractivity contribution in [2.24, 2.45) is 0 Å². The van der Waals surface area contributed by atoms with Crippen molar-refractivity contribution in [1.29, 1.82) is 0 Å². The van der Waals surface area contributed by atoms with Crippen LogP contribution >= 0.6 is 11.3 Å². The van der Waals surface area contributed by atoms with E-state index in [4.69, 9.17) is 0 Å². The number of hydrogen-bond donors (Lipinski definition) is 1. The minimum absolute atomic E-state index is 0.0178. The Kier molecular flexibility index (Phi) is 6.26. The maximum Gasteiger partial charge on any atom is 0.227 e. The van der Waals surface area contributed by atoms with E-state index in [-0.39, 0.29) is 17.4 Å². The summed E-state index contributed by atoms with van der Waals surface area (Å²) in [5.74, 6) is 0.153. The first-order valence-corrected chi connectivity index (χ1v) is 10.4. The van der Waals surface area contributed by atoms with Gasteiger partial charge in [0.15, 0.2) is 0 Å². The van der Waals surface area contributed by atoms with Crippen molar-refractivity contribution < 1.29 is 9.59 Å². The third kappa shape index (κ3) is 5.16. The van der Waals surface area contributed by atoms with Gasteiger partial charge in [-0.2, -0.15) is 0 Å². The molecule has 1 aromatic carbocycles. The van der Waals surface area contributed by atoms with Gasteiger partial charge in [-0.25, -0.2) is 4.98 Å². The number of hydrogen-bond acceptors (Lipinski definition) is 4. The lowest BCUT2D eigenvalue weighted by atomic mass is 9.97. The fourth-order valence-corrected chi connectivity index (χ4v) is 4.20. The van der Waals surface area contributed by atoms with E-state index in [1.165, 1.54) is 5.56 Å². The second-order valence-corrected chi connectivity index (χ2v) is 8.49. The molecule has 0 saturated carbocycles. The van der Waals surface area contributed by atoms with Crippen LogP contribution in [0.2, 0.25) is 0 Å². The molecule has 5 nitrogen and oxygen atoms in total. The Morgan fingerprint density at radius 1 is 1.30 bits per heavy atom. The van der Waals surface area contributed by atoms with Gasteiger partial charge in [-0.05, 0) is 32.3 Å². The van der Waals surface area contributed by atoms with Crippen LogP contribution in [0.4, 0.5) is 0 Å². The van der Waals surface area contributed by atoms with Crippen molar-refractivity contribution in [2.75, 3.05) is 13.1 Å². The molecule has 144 valence electrons. The average molecular weight is 386 g/mol. The van der Waals surface area contributed by atoms with E-state index in [1.54, 1.807) is 17.5 Å². The van der Waals surface area contributed by atoms with Crippen molar-refractivity contribution in [3.63, 3.8) is 0 Å². The van der Waals surface area contributed by atoms with Crippen molar-refractivity contribution >= 4 is 23.2 Å². The minimum Gasteiger partial charge on any atom is -0.354 e. The molecule has 2 amide bonds. The van der Waals surface area contributed by atoms with Crippen LogP contribution in [0, 0.1) is 6.92 Å². The predicted octanol–water partition coefficient (Wildman–Crippen LogP) is 3.12. The molecule has 1 saturated heterocycles. The van der Waals surface area contributed by atoms with E-state index in [9.17, 15) is 9.59 Å². The third-order valence-electron chi connectivity index (χ3n) is 5.24. The second-order valence-electron chi connectivity index (χ2n) is 7.51. The van der Waals surface area contributed by atoms with Crippen LogP contribution in [0.15, 0.2) is 35.8 Å². The Morgan fingerprint density at radius 2 is 2.07 bits per heavy atom. The van der Waals surface area contributed by atoms with Crippen LogP contribution in [0.3, 0.4) is 0 Å². The monoisotopic (exact) mass is 385 g/mol. The number of likely N-dealkylation sites (tertiary alicyclic amines) is 1.